The maximum Gasteiger partial charge on any atom is 0.237 e. The highest BCUT2D eigenvalue weighted by atomic mass is 35.5. The number of carbonyl (C=O) groups excluding carboxylic acids is 1. The molecule has 1 atom stereocenters. The molecule has 1 aromatic carbocycles. The number of carbonyl (C=O) groups is 1. The summed E-state index contributed by atoms with van der Waals surface area (Å²) in [5.41, 5.74) is 1.10. The van der Waals surface area contributed by atoms with Crippen molar-refractivity contribution in [1.29, 1.82) is 0 Å². The van der Waals surface area contributed by atoms with Crippen LogP contribution in [0.2, 0.25) is 0 Å². The summed E-state index contributed by atoms with van der Waals surface area (Å²) in [4.78, 5) is 14.1. The maximum absolute atomic E-state index is 12.1. The van der Waals surface area contributed by atoms with E-state index in [1.807, 2.05) is 23.1 Å². The Morgan fingerprint density at radius 1 is 1.33 bits per heavy atom. The van der Waals surface area contributed by atoms with Crippen molar-refractivity contribution in [1.82, 2.24) is 10.2 Å². The highest BCUT2D eigenvalue weighted by Gasteiger charge is 2.29. The molecule has 0 saturated carbocycles. The molecular weight excluding hydrogens is 292 g/mol. The van der Waals surface area contributed by atoms with E-state index in [9.17, 15) is 4.79 Å². The minimum atomic E-state index is 0. The molecule has 1 heterocycles. The van der Waals surface area contributed by atoms with Crippen molar-refractivity contribution in [2.45, 2.75) is 18.9 Å². The van der Waals surface area contributed by atoms with E-state index in [2.05, 4.69) is 5.32 Å². The molecule has 2 rings (SSSR count). The molecule has 6 heteroatoms. The number of likely N-dealkylation sites (tertiary alicyclic amines) is 1. The third kappa shape index (κ3) is 3.80. The molecule has 1 N–H and O–H groups in total. The molecule has 1 aliphatic rings. The molecule has 118 valence electrons. The lowest BCUT2D eigenvalue weighted by atomic mass is 10.0. The molecule has 1 fully saturated rings. The molecule has 0 aromatic heterocycles. The fourth-order valence-corrected chi connectivity index (χ4v) is 2.72. The van der Waals surface area contributed by atoms with Crippen molar-refractivity contribution in [2.24, 2.45) is 0 Å². The Kier molecular flexibility index (Phi) is 6.78. The third-order valence-corrected chi connectivity index (χ3v) is 3.69. The van der Waals surface area contributed by atoms with Crippen LogP contribution in [0.25, 0.3) is 0 Å². The minimum Gasteiger partial charge on any atom is -0.493 e. The van der Waals surface area contributed by atoms with E-state index >= 15 is 0 Å². The van der Waals surface area contributed by atoms with Gasteiger partial charge in [-0.15, -0.1) is 12.4 Å². The van der Waals surface area contributed by atoms with Gasteiger partial charge in [-0.3, -0.25) is 4.79 Å². The summed E-state index contributed by atoms with van der Waals surface area (Å²) in [5.74, 6) is 1.56. The maximum atomic E-state index is 12.1. The van der Waals surface area contributed by atoms with Crippen molar-refractivity contribution in [3.63, 3.8) is 0 Å². The zero-order valence-corrected chi connectivity index (χ0v) is 13.5. The Morgan fingerprint density at radius 2 is 2.05 bits per heavy atom. The van der Waals surface area contributed by atoms with Gasteiger partial charge in [0.1, 0.15) is 0 Å². The van der Waals surface area contributed by atoms with Crippen LogP contribution in [-0.2, 0) is 4.79 Å². The number of likely N-dealkylation sites (N-methyl/N-ethyl adjacent to an activating group) is 1. The number of benzene rings is 1. The van der Waals surface area contributed by atoms with Crippen LogP contribution in [-0.4, -0.2) is 45.2 Å². The normalized spacial score (nSPS) is 17.3. The quantitative estimate of drug-likeness (QED) is 0.903. The van der Waals surface area contributed by atoms with Crippen LogP contribution in [0.3, 0.4) is 0 Å². The molecule has 21 heavy (non-hydrogen) atoms. The first-order valence-corrected chi connectivity index (χ1v) is 6.87. The van der Waals surface area contributed by atoms with E-state index < -0.39 is 0 Å². The number of rotatable bonds is 5. The number of hydrogen-bond donors (Lipinski definition) is 1. The minimum absolute atomic E-state index is 0. The van der Waals surface area contributed by atoms with Crippen LogP contribution in [0.4, 0.5) is 0 Å². The number of methoxy groups -OCH3 is 2. The Labute approximate surface area is 132 Å². The van der Waals surface area contributed by atoms with Crippen LogP contribution in [0.1, 0.15) is 24.4 Å². The second-order valence-corrected chi connectivity index (χ2v) is 4.89. The van der Waals surface area contributed by atoms with Gasteiger partial charge in [0, 0.05) is 6.54 Å². The van der Waals surface area contributed by atoms with Gasteiger partial charge >= 0.3 is 0 Å². The third-order valence-electron chi connectivity index (χ3n) is 3.69. The van der Waals surface area contributed by atoms with Gasteiger partial charge in [-0.05, 0) is 37.6 Å². The van der Waals surface area contributed by atoms with E-state index in [-0.39, 0.29) is 24.4 Å². The molecule has 1 saturated heterocycles. The standard InChI is InChI=1S/C15H22N2O3.ClH/c1-16-10-15(18)17-8-4-5-12(17)11-6-7-13(19-2)14(9-11)20-3;/h6-7,9,12,16H,4-5,8,10H2,1-3H3;1H. The molecule has 1 amide bonds. The Hall–Kier alpha value is -1.46. The molecule has 0 bridgehead atoms. The van der Waals surface area contributed by atoms with Crippen molar-refractivity contribution in [2.75, 3.05) is 34.4 Å². The van der Waals surface area contributed by atoms with Gasteiger partial charge in [0.25, 0.3) is 0 Å². The van der Waals surface area contributed by atoms with E-state index in [0.717, 1.165) is 24.9 Å². The summed E-state index contributed by atoms with van der Waals surface area (Å²) in [6.45, 7) is 1.20. The number of hydrogen-bond acceptors (Lipinski definition) is 4. The molecule has 0 aliphatic carbocycles. The summed E-state index contributed by atoms with van der Waals surface area (Å²) in [6, 6.07) is 6.01. The lowest BCUT2D eigenvalue weighted by Gasteiger charge is -2.25. The van der Waals surface area contributed by atoms with Gasteiger partial charge in [-0.25, -0.2) is 0 Å². The van der Waals surface area contributed by atoms with Crippen LogP contribution in [0, 0.1) is 0 Å². The van der Waals surface area contributed by atoms with Crippen molar-refractivity contribution in [3.05, 3.63) is 23.8 Å². The largest absolute Gasteiger partial charge is 0.493 e. The smallest absolute Gasteiger partial charge is 0.237 e. The first kappa shape index (κ1) is 17.6. The SMILES string of the molecule is CNCC(=O)N1CCCC1c1ccc(OC)c(OC)c1.Cl. The van der Waals surface area contributed by atoms with Gasteiger partial charge in [0.05, 0.1) is 26.8 Å². The number of ether oxygens (including phenoxy) is 2. The van der Waals surface area contributed by atoms with Crippen molar-refractivity contribution >= 4 is 18.3 Å². The van der Waals surface area contributed by atoms with Crippen LogP contribution in [0.15, 0.2) is 18.2 Å². The van der Waals surface area contributed by atoms with E-state index in [1.54, 1.807) is 21.3 Å². The summed E-state index contributed by atoms with van der Waals surface area (Å²) in [7, 11) is 5.04. The fourth-order valence-electron chi connectivity index (χ4n) is 2.72. The summed E-state index contributed by atoms with van der Waals surface area (Å²) < 4.78 is 10.6. The molecule has 1 unspecified atom stereocenters. The zero-order valence-electron chi connectivity index (χ0n) is 12.7. The highest BCUT2D eigenvalue weighted by Crippen LogP contribution is 2.36. The van der Waals surface area contributed by atoms with Crippen molar-refractivity contribution in [3.8, 4) is 11.5 Å². The molecule has 0 radical (unpaired) electrons. The van der Waals surface area contributed by atoms with Gasteiger partial charge in [0.2, 0.25) is 5.91 Å². The second kappa shape index (κ2) is 8.10. The summed E-state index contributed by atoms with van der Waals surface area (Å²) in [5, 5.41) is 2.92. The average molecular weight is 315 g/mol. The Bertz CT molecular complexity index is 482. The first-order valence-electron chi connectivity index (χ1n) is 6.87. The lowest BCUT2D eigenvalue weighted by molar-refractivity contribution is -0.131. The molecule has 5 nitrogen and oxygen atoms in total. The molecule has 1 aliphatic heterocycles. The van der Waals surface area contributed by atoms with Gasteiger partial charge in [-0.1, -0.05) is 6.07 Å². The number of nitrogens with zero attached hydrogens (tertiary/aromatic N) is 1. The van der Waals surface area contributed by atoms with Crippen LogP contribution < -0.4 is 14.8 Å². The van der Waals surface area contributed by atoms with Crippen LogP contribution >= 0.6 is 12.4 Å². The molecule has 0 spiro atoms. The zero-order chi connectivity index (χ0) is 14.5. The van der Waals surface area contributed by atoms with Crippen LogP contribution in [0.5, 0.6) is 11.5 Å². The molecular formula is C15H23ClN2O3. The predicted octanol–water partition coefficient (Wildman–Crippen LogP) is 2.01. The van der Waals surface area contributed by atoms with Gasteiger partial charge in [-0.2, -0.15) is 0 Å². The summed E-state index contributed by atoms with van der Waals surface area (Å²) >= 11 is 0. The number of halogens is 1. The summed E-state index contributed by atoms with van der Waals surface area (Å²) in [6.07, 6.45) is 2.03. The van der Waals surface area contributed by atoms with E-state index in [1.165, 1.54) is 0 Å². The number of nitrogens with one attached hydrogen (secondary N) is 1. The Morgan fingerprint density at radius 3 is 2.67 bits per heavy atom. The fraction of sp³-hybridized carbons (Fsp3) is 0.533. The first-order chi connectivity index (χ1) is 9.71. The molecule has 1 aromatic rings. The highest BCUT2D eigenvalue weighted by molar-refractivity contribution is 5.85. The van der Waals surface area contributed by atoms with Gasteiger partial charge < -0.3 is 19.7 Å². The lowest BCUT2D eigenvalue weighted by Crippen LogP contribution is -2.36. The van der Waals surface area contributed by atoms with E-state index in [4.69, 9.17) is 9.47 Å². The van der Waals surface area contributed by atoms with Crippen molar-refractivity contribution < 1.29 is 14.3 Å². The second-order valence-electron chi connectivity index (χ2n) is 4.89. The average Bonchev–Trinajstić information content (AvgIpc) is 2.96. The van der Waals surface area contributed by atoms with E-state index in [0.29, 0.717) is 18.0 Å². The number of amides is 1. The van der Waals surface area contributed by atoms with Gasteiger partial charge in [0.15, 0.2) is 11.5 Å². The topological polar surface area (TPSA) is 50.8 Å². The Balaban J connectivity index is 0.00000220. The predicted molar refractivity (Wildman–Crippen MR) is 84.4 cm³/mol. The monoisotopic (exact) mass is 314 g/mol.